The predicted molar refractivity (Wildman–Crippen MR) is 95.4 cm³/mol. The lowest BCUT2D eigenvalue weighted by molar-refractivity contribution is -0.137. The van der Waals surface area contributed by atoms with Crippen LogP contribution in [0.2, 0.25) is 0 Å². The summed E-state index contributed by atoms with van der Waals surface area (Å²) in [6.07, 6.45) is -4.32. The third-order valence-electron chi connectivity index (χ3n) is 4.60. The number of ether oxygens (including phenoxy) is 2. The fourth-order valence-corrected chi connectivity index (χ4v) is 4.38. The maximum absolute atomic E-state index is 12.8. The van der Waals surface area contributed by atoms with Crippen LogP contribution in [-0.4, -0.2) is 18.6 Å². The van der Waals surface area contributed by atoms with E-state index < -0.39 is 11.7 Å². The second kappa shape index (κ2) is 6.61. The minimum Gasteiger partial charge on any atom is -0.454 e. The first-order valence-electron chi connectivity index (χ1n) is 8.23. The van der Waals surface area contributed by atoms with E-state index in [9.17, 15) is 13.2 Å². The lowest BCUT2D eigenvalue weighted by atomic mass is 10.0. The van der Waals surface area contributed by atoms with Crippen LogP contribution in [0.15, 0.2) is 42.5 Å². The molecule has 2 aromatic rings. The van der Waals surface area contributed by atoms with Crippen molar-refractivity contribution in [3.05, 3.63) is 59.3 Å². The Kier molecular flexibility index (Phi) is 4.42. The zero-order valence-corrected chi connectivity index (χ0v) is 14.8. The summed E-state index contributed by atoms with van der Waals surface area (Å²) in [5.74, 6) is 4.32. The van der Waals surface area contributed by atoms with Crippen molar-refractivity contribution in [1.82, 2.24) is 0 Å². The Labute approximate surface area is 154 Å². The van der Waals surface area contributed by atoms with Gasteiger partial charge in [-0.2, -0.15) is 24.9 Å². The zero-order chi connectivity index (χ0) is 18.3. The van der Waals surface area contributed by atoms with Crippen LogP contribution >= 0.6 is 11.8 Å². The number of hydrogen-bond acceptors (Lipinski definition) is 4. The molecule has 0 saturated carbocycles. The third kappa shape index (κ3) is 3.20. The molecule has 26 heavy (non-hydrogen) atoms. The van der Waals surface area contributed by atoms with Gasteiger partial charge in [-0.05, 0) is 36.8 Å². The van der Waals surface area contributed by atoms with Crippen LogP contribution < -0.4 is 14.4 Å². The summed E-state index contributed by atoms with van der Waals surface area (Å²) in [7, 11) is 0. The lowest BCUT2D eigenvalue weighted by Crippen LogP contribution is -2.41. The van der Waals surface area contributed by atoms with Gasteiger partial charge in [0.15, 0.2) is 11.5 Å². The number of rotatable bonds is 2. The topological polar surface area (TPSA) is 21.7 Å². The summed E-state index contributed by atoms with van der Waals surface area (Å²) < 4.78 is 49.4. The van der Waals surface area contributed by atoms with Crippen LogP contribution in [0.1, 0.15) is 24.1 Å². The number of nitrogens with zero attached hydrogens (tertiary/aromatic N) is 1. The van der Waals surface area contributed by atoms with Gasteiger partial charge in [-0.3, -0.25) is 0 Å². The second-order valence-electron chi connectivity index (χ2n) is 6.29. The standard InChI is InChI=1S/C19H17F3NO2S/c1-12-9-26-10-16(13-2-4-14(5-3-13)19(20,21)22)23(12)15-6-7-17-18(8-15)25-11-24-17/h2-9,12,16H,10-11H2,1H3. The van der Waals surface area contributed by atoms with E-state index in [4.69, 9.17) is 9.47 Å². The minimum absolute atomic E-state index is 0.0253. The van der Waals surface area contributed by atoms with Crippen molar-refractivity contribution in [3.8, 4) is 11.5 Å². The molecule has 4 rings (SSSR count). The van der Waals surface area contributed by atoms with E-state index in [2.05, 4.69) is 17.6 Å². The molecule has 2 heterocycles. The SMILES string of the molecule is CC1[CH]SCC(c2ccc(C(F)(F)F)cc2)N1c1ccc2c(c1)OCO2. The fourth-order valence-electron chi connectivity index (χ4n) is 3.33. The van der Waals surface area contributed by atoms with Crippen LogP contribution in [0.5, 0.6) is 11.5 Å². The van der Waals surface area contributed by atoms with Crippen LogP contribution in [0.3, 0.4) is 0 Å². The molecular formula is C19H17F3NO2S. The molecule has 0 N–H and O–H groups in total. The van der Waals surface area contributed by atoms with Crippen LogP contribution in [0.25, 0.3) is 0 Å². The molecule has 3 nitrogen and oxygen atoms in total. The zero-order valence-electron chi connectivity index (χ0n) is 14.0. The lowest BCUT2D eigenvalue weighted by Gasteiger charge is -2.42. The molecule has 2 aliphatic rings. The summed E-state index contributed by atoms with van der Waals surface area (Å²) in [5, 5.41) is 0. The molecule has 2 aromatic carbocycles. The highest BCUT2D eigenvalue weighted by atomic mass is 32.2. The van der Waals surface area contributed by atoms with Crippen molar-refractivity contribution >= 4 is 17.4 Å². The summed E-state index contributed by atoms with van der Waals surface area (Å²) in [6, 6.07) is 11.3. The Morgan fingerprint density at radius 2 is 1.77 bits per heavy atom. The van der Waals surface area contributed by atoms with Gasteiger partial charge in [0.2, 0.25) is 6.79 Å². The highest BCUT2D eigenvalue weighted by Crippen LogP contribution is 2.43. The molecule has 137 valence electrons. The van der Waals surface area contributed by atoms with Crippen LogP contribution in [0, 0.1) is 5.75 Å². The van der Waals surface area contributed by atoms with Gasteiger partial charge in [0, 0.05) is 29.3 Å². The Morgan fingerprint density at radius 3 is 2.50 bits per heavy atom. The first-order valence-corrected chi connectivity index (χ1v) is 9.28. The predicted octanol–water partition coefficient (Wildman–Crippen LogP) is 5.28. The van der Waals surface area contributed by atoms with Gasteiger partial charge in [0.1, 0.15) is 0 Å². The summed E-state index contributed by atoms with van der Waals surface area (Å²) in [6.45, 7) is 2.28. The molecule has 2 unspecified atom stereocenters. The molecular weight excluding hydrogens is 363 g/mol. The first kappa shape index (κ1) is 17.4. The van der Waals surface area contributed by atoms with E-state index >= 15 is 0 Å². The molecule has 0 aromatic heterocycles. The number of thioether (sulfide) groups is 1. The number of alkyl halides is 3. The van der Waals surface area contributed by atoms with E-state index in [1.54, 1.807) is 23.9 Å². The average molecular weight is 380 g/mol. The Hall–Kier alpha value is -2.02. The number of halogens is 3. The normalized spacial score (nSPS) is 22.5. The van der Waals surface area contributed by atoms with Crippen molar-refractivity contribution in [2.75, 3.05) is 17.4 Å². The number of hydrogen-bond donors (Lipinski definition) is 0. The Morgan fingerprint density at radius 1 is 1.04 bits per heavy atom. The van der Waals surface area contributed by atoms with Crippen LogP contribution in [-0.2, 0) is 6.18 Å². The Bertz CT molecular complexity index is 794. The number of fused-ring (bicyclic) bond motifs is 1. The molecule has 2 atom stereocenters. The fraction of sp³-hybridized carbons (Fsp3) is 0.316. The van der Waals surface area contributed by atoms with Crippen LogP contribution in [0.4, 0.5) is 18.9 Å². The number of benzene rings is 2. The van der Waals surface area contributed by atoms with Gasteiger partial charge in [0.05, 0.1) is 11.6 Å². The third-order valence-corrected chi connectivity index (χ3v) is 5.69. The maximum atomic E-state index is 12.8. The van der Waals surface area contributed by atoms with Gasteiger partial charge in [-0.15, -0.1) is 0 Å². The largest absolute Gasteiger partial charge is 0.454 e. The molecule has 2 aliphatic heterocycles. The van der Waals surface area contributed by atoms with Crippen molar-refractivity contribution < 1.29 is 22.6 Å². The van der Waals surface area contributed by atoms with Gasteiger partial charge < -0.3 is 14.4 Å². The molecule has 7 heteroatoms. The second-order valence-corrected chi connectivity index (χ2v) is 7.23. The Balaban J connectivity index is 1.67. The quantitative estimate of drug-likeness (QED) is 0.707. The van der Waals surface area contributed by atoms with Crippen molar-refractivity contribution in [3.63, 3.8) is 0 Å². The average Bonchev–Trinajstić information content (AvgIpc) is 3.08. The monoisotopic (exact) mass is 380 g/mol. The molecule has 1 fully saturated rings. The van der Waals surface area contributed by atoms with E-state index in [1.165, 1.54) is 0 Å². The van der Waals surface area contributed by atoms with Gasteiger partial charge in [-0.25, -0.2) is 0 Å². The van der Waals surface area contributed by atoms with Gasteiger partial charge >= 0.3 is 6.18 Å². The minimum atomic E-state index is -4.32. The molecule has 1 radical (unpaired) electrons. The van der Waals surface area contributed by atoms with E-state index in [0.29, 0.717) is 11.5 Å². The van der Waals surface area contributed by atoms with E-state index in [0.717, 1.165) is 29.1 Å². The summed E-state index contributed by atoms with van der Waals surface area (Å²) >= 11 is 1.69. The highest BCUT2D eigenvalue weighted by molar-refractivity contribution is 8.01. The van der Waals surface area contributed by atoms with E-state index in [1.807, 2.05) is 18.2 Å². The molecule has 0 bridgehead atoms. The first-order chi connectivity index (χ1) is 12.4. The number of anilines is 1. The van der Waals surface area contributed by atoms with Gasteiger partial charge in [-0.1, -0.05) is 12.1 Å². The van der Waals surface area contributed by atoms with E-state index in [-0.39, 0.29) is 18.9 Å². The van der Waals surface area contributed by atoms with Crippen molar-refractivity contribution in [2.45, 2.75) is 25.2 Å². The maximum Gasteiger partial charge on any atom is 0.416 e. The van der Waals surface area contributed by atoms with Crippen molar-refractivity contribution in [1.29, 1.82) is 0 Å². The summed E-state index contributed by atoms with van der Waals surface area (Å²) in [4.78, 5) is 2.21. The highest BCUT2D eigenvalue weighted by Gasteiger charge is 2.33. The van der Waals surface area contributed by atoms with Gasteiger partial charge in [0.25, 0.3) is 0 Å². The molecule has 0 aliphatic carbocycles. The van der Waals surface area contributed by atoms with Crippen molar-refractivity contribution in [2.24, 2.45) is 0 Å². The summed E-state index contributed by atoms with van der Waals surface area (Å²) in [5.41, 5.74) is 1.20. The smallest absolute Gasteiger partial charge is 0.416 e. The molecule has 0 spiro atoms. The molecule has 1 saturated heterocycles. The molecule has 0 amide bonds.